The highest BCUT2D eigenvalue weighted by Crippen LogP contribution is 2.31. The van der Waals surface area contributed by atoms with Gasteiger partial charge in [0.05, 0.1) is 13.0 Å². The number of methoxy groups -OCH3 is 1. The Kier molecular flexibility index (Phi) is 3.90. The smallest absolute Gasteiger partial charge is 0.309 e. The van der Waals surface area contributed by atoms with Gasteiger partial charge in [-0.15, -0.1) is 0 Å². The molecule has 3 nitrogen and oxygen atoms in total. The number of hydrogen-bond acceptors (Lipinski definition) is 3. The maximum absolute atomic E-state index is 11.5. The number of ether oxygens (including phenoxy) is 1. The first kappa shape index (κ1) is 12.9. The molecule has 0 bridgehead atoms. The van der Waals surface area contributed by atoms with Gasteiger partial charge >= 0.3 is 5.97 Å². The van der Waals surface area contributed by atoms with E-state index < -0.39 is 0 Å². The molecule has 0 heterocycles. The third kappa shape index (κ3) is 2.50. The molecule has 1 N–H and O–H groups in total. The molecule has 1 aliphatic rings. The van der Waals surface area contributed by atoms with Crippen molar-refractivity contribution in [3.05, 3.63) is 28.8 Å². The fraction of sp³-hybridized carbons (Fsp3) is 0.533. The maximum Gasteiger partial charge on any atom is 0.309 e. The second-order valence-corrected chi connectivity index (χ2v) is 4.96. The molecule has 0 aliphatic heterocycles. The lowest BCUT2D eigenvalue weighted by atomic mass is 9.82. The van der Waals surface area contributed by atoms with Gasteiger partial charge in [-0.25, -0.2) is 0 Å². The predicted molar refractivity (Wildman–Crippen MR) is 69.6 cm³/mol. The van der Waals surface area contributed by atoms with Gasteiger partial charge in [0.2, 0.25) is 0 Å². The zero-order valence-electron chi connectivity index (χ0n) is 11.0. The Labute approximate surface area is 108 Å². The Morgan fingerprint density at radius 3 is 2.89 bits per heavy atom. The van der Waals surface area contributed by atoms with Crippen LogP contribution in [0.2, 0.25) is 0 Å². The quantitative estimate of drug-likeness (QED) is 0.836. The van der Waals surface area contributed by atoms with Crippen LogP contribution in [0.5, 0.6) is 5.75 Å². The van der Waals surface area contributed by atoms with Gasteiger partial charge < -0.3 is 9.84 Å². The second kappa shape index (κ2) is 5.42. The number of esters is 1. The van der Waals surface area contributed by atoms with Crippen LogP contribution in [0.1, 0.15) is 36.5 Å². The van der Waals surface area contributed by atoms with Crippen molar-refractivity contribution in [2.75, 3.05) is 7.11 Å². The number of carbonyl (C=O) groups excluding carboxylic acids is 1. The van der Waals surface area contributed by atoms with Crippen LogP contribution in [-0.4, -0.2) is 18.2 Å². The number of fused-ring (bicyclic) bond motifs is 1. The maximum atomic E-state index is 11.5. The summed E-state index contributed by atoms with van der Waals surface area (Å²) in [6.07, 6.45) is 4.35. The number of carbonyl (C=O) groups is 1. The van der Waals surface area contributed by atoms with E-state index in [1.54, 1.807) is 0 Å². The van der Waals surface area contributed by atoms with Gasteiger partial charge in [0, 0.05) is 0 Å². The molecule has 1 unspecified atom stereocenters. The highest BCUT2D eigenvalue weighted by molar-refractivity contribution is 5.73. The number of phenolic OH excluding ortho intramolecular Hbond substituents is 1. The SMILES string of the molecule is CCCc1cc2c(cc1O)CC(C(=O)OC)CC2. The highest BCUT2D eigenvalue weighted by atomic mass is 16.5. The van der Waals surface area contributed by atoms with Crippen molar-refractivity contribution >= 4 is 5.97 Å². The van der Waals surface area contributed by atoms with E-state index in [2.05, 4.69) is 13.0 Å². The summed E-state index contributed by atoms with van der Waals surface area (Å²) in [5, 5.41) is 9.96. The second-order valence-electron chi connectivity index (χ2n) is 4.96. The van der Waals surface area contributed by atoms with E-state index in [1.165, 1.54) is 12.7 Å². The van der Waals surface area contributed by atoms with Gasteiger partial charge in [0.25, 0.3) is 0 Å². The fourth-order valence-electron chi connectivity index (χ4n) is 2.68. The van der Waals surface area contributed by atoms with E-state index in [4.69, 9.17) is 4.74 Å². The van der Waals surface area contributed by atoms with E-state index >= 15 is 0 Å². The Morgan fingerprint density at radius 1 is 1.44 bits per heavy atom. The number of phenols is 1. The molecule has 0 saturated carbocycles. The van der Waals surface area contributed by atoms with Crippen molar-refractivity contribution in [1.82, 2.24) is 0 Å². The molecule has 0 radical (unpaired) electrons. The summed E-state index contributed by atoms with van der Waals surface area (Å²) in [7, 11) is 1.43. The van der Waals surface area contributed by atoms with Crippen LogP contribution in [0.25, 0.3) is 0 Å². The Morgan fingerprint density at radius 2 is 2.22 bits per heavy atom. The Hall–Kier alpha value is -1.51. The van der Waals surface area contributed by atoms with Crippen molar-refractivity contribution in [3.63, 3.8) is 0 Å². The van der Waals surface area contributed by atoms with Crippen molar-refractivity contribution in [3.8, 4) is 5.75 Å². The van der Waals surface area contributed by atoms with Gasteiger partial charge in [-0.3, -0.25) is 4.79 Å². The highest BCUT2D eigenvalue weighted by Gasteiger charge is 2.26. The van der Waals surface area contributed by atoms with Gasteiger partial charge in [-0.05, 0) is 48.4 Å². The van der Waals surface area contributed by atoms with Gasteiger partial charge in [0.1, 0.15) is 5.75 Å². The van der Waals surface area contributed by atoms with Crippen LogP contribution in [0.15, 0.2) is 12.1 Å². The number of rotatable bonds is 3. The van der Waals surface area contributed by atoms with Gasteiger partial charge in [0.15, 0.2) is 0 Å². The van der Waals surface area contributed by atoms with Crippen LogP contribution >= 0.6 is 0 Å². The average Bonchev–Trinajstić information content (AvgIpc) is 2.38. The van der Waals surface area contributed by atoms with E-state index in [1.807, 2.05) is 6.07 Å². The van der Waals surface area contributed by atoms with Crippen LogP contribution in [0.3, 0.4) is 0 Å². The van der Waals surface area contributed by atoms with Crippen molar-refractivity contribution in [2.24, 2.45) is 5.92 Å². The first-order valence-electron chi connectivity index (χ1n) is 6.57. The number of benzene rings is 1. The molecule has 1 aliphatic carbocycles. The number of aromatic hydroxyl groups is 1. The summed E-state index contributed by atoms with van der Waals surface area (Å²) in [6.45, 7) is 2.10. The summed E-state index contributed by atoms with van der Waals surface area (Å²) < 4.78 is 4.80. The van der Waals surface area contributed by atoms with Gasteiger partial charge in [-0.2, -0.15) is 0 Å². The lowest BCUT2D eigenvalue weighted by Crippen LogP contribution is -2.23. The van der Waals surface area contributed by atoms with Crippen LogP contribution in [-0.2, 0) is 28.8 Å². The first-order valence-corrected chi connectivity index (χ1v) is 6.57. The lowest BCUT2D eigenvalue weighted by Gasteiger charge is -2.23. The summed E-state index contributed by atoms with van der Waals surface area (Å²) in [4.78, 5) is 11.5. The standard InChI is InChI=1S/C15H20O3/c1-3-4-11-7-10-5-6-12(15(17)18-2)8-13(10)9-14(11)16/h7,9,12,16H,3-6,8H2,1-2H3. The van der Waals surface area contributed by atoms with E-state index in [9.17, 15) is 9.90 Å². The molecule has 18 heavy (non-hydrogen) atoms. The number of aryl methyl sites for hydroxylation is 2. The third-order valence-corrected chi connectivity index (χ3v) is 3.68. The first-order chi connectivity index (χ1) is 8.65. The predicted octanol–water partition coefficient (Wildman–Crippen LogP) is 2.62. The van der Waals surface area contributed by atoms with Crippen LogP contribution in [0, 0.1) is 5.92 Å². The van der Waals surface area contributed by atoms with E-state index in [0.29, 0.717) is 12.2 Å². The van der Waals surface area contributed by atoms with Crippen molar-refractivity contribution < 1.29 is 14.6 Å². The van der Waals surface area contributed by atoms with E-state index in [0.717, 1.165) is 36.8 Å². The molecule has 1 aromatic rings. The molecule has 1 atom stereocenters. The molecule has 0 saturated heterocycles. The topological polar surface area (TPSA) is 46.5 Å². The molecular weight excluding hydrogens is 228 g/mol. The molecule has 0 aromatic heterocycles. The minimum Gasteiger partial charge on any atom is -0.508 e. The molecule has 0 spiro atoms. The molecule has 2 rings (SSSR count). The summed E-state index contributed by atoms with van der Waals surface area (Å²) >= 11 is 0. The molecule has 0 fully saturated rings. The monoisotopic (exact) mass is 248 g/mol. The summed E-state index contributed by atoms with van der Waals surface area (Å²) in [5.74, 6) is 0.165. The minimum absolute atomic E-state index is 0.0566. The summed E-state index contributed by atoms with van der Waals surface area (Å²) in [6, 6.07) is 3.93. The fourth-order valence-corrected chi connectivity index (χ4v) is 2.68. The van der Waals surface area contributed by atoms with Crippen molar-refractivity contribution in [2.45, 2.75) is 39.0 Å². The largest absolute Gasteiger partial charge is 0.508 e. The van der Waals surface area contributed by atoms with Crippen LogP contribution < -0.4 is 0 Å². The molecular formula is C15H20O3. The minimum atomic E-state index is -0.141. The Bertz CT molecular complexity index is 451. The van der Waals surface area contributed by atoms with Crippen LogP contribution in [0.4, 0.5) is 0 Å². The third-order valence-electron chi connectivity index (χ3n) is 3.68. The Balaban J connectivity index is 2.23. The molecule has 3 heteroatoms. The normalized spacial score (nSPS) is 18.2. The lowest BCUT2D eigenvalue weighted by molar-refractivity contribution is -0.145. The zero-order chi connectivity index (χ0) is 13.1. The van der Waals surface area contributed by atoms with Gasteiger partial charge in [-0.1, -0.05) is 19.4 Å². The van der Waals surface area contributed by atoms with E-state index in [-0.39, 0.29) is 11.9 Å². The summed E-state index contributed by atoms with van der Waals surface area (Å²) in [5.41, 5.74) is 3.39. The molecule has 0 amide bonds. The molecule has 98 valence electrons. The number of hydrogen-bond donors (Lipinski definition) is 1. The average molecular weight is 248 g/mol. The van der Waals surface area contributed by atoms with Crippen molar-refractivity contribution in [1.29, 1.82) is 0 Å². The zero-order valence-corrected chi connectivity index (χ0v) is 11.0. The molecule has 1 aromatic carbocycles.